The number of carbonyl (C=O) groups is 2. The van der Waals surface area contributed by atoms with Crippen molar-refractivity contribution in [3.8, 4) is 11.8 Å². The number of hydrogen-bond donors (Lipinski definition) is 2. The van der Waals surface area contributed by atoms with Gasteiger partial charge in [-0.25, -0.2) is 9.37 Å². The Bertz CT molecular complexity index is 1170. The van der Waals surface area contributed by atoms with Gasteiger partial charge in [-0.2, -0.15) is 13.2 Å². The number of hydrogen-bond acceptors (Lipinski definition) is 3. The Labute approximate surface area is 211 Å². The number of halogens is 5. The normalized spacial score (nSPS) is 18.3. The highest BCUT2D eigenvalue weighted by Crippen LogP contribution is 2.30. The summed E-state index contributed by atoms with van der Waals surface area (Å²) < 4.78 is 54.0. The molecule has 1 aromatic carbocycles. The minimum absolute atomic E-state index is 0.0316. The minimum atomic E-state index is -4.48. The Morgan fingerprint density at radius 2 is 1.75 bits per heavy atom. The fraction of sp³-hybridized carbons (Fsp3) is 0.480. The van der Waals surface area contributed by atoms with Crippen LogP contribution in [0, 0.1) is 23.7 Å². The number of rotatable bonds is 6. The summed E-state index contributed by atoms with van der Waals surface area (Å²) in [4.78, 5) is 28.4. The molecule has 11 heteroatoms. The van der Waals surface area contributed by atoms with Crippen LogP contribution in [0.4, 0.5) is 17.6 Å². The third kappa shape index (κ3) is 7.23. The largest absolute Gasteiger partial charge is 0.481 e. The lowest BCUT2D eigenvalue weighted by molar-refractivity contribution is -0.143. The van der Waals surface area contributed by atoms with Crippen LogP contribution in [0.15, 0.2) is 24.3 Å². The van der Waals surface area contributed by atoms with Gasteiger partial charge in [0.05, 0.1) is 18.0 Å². The van der Waals surface area contributed by atoms with Crippen LogP contribution in [0.3, 0.4) is 0 Å². The van der Waals surface area contributed by atoms with Gasteiger partial charge in [0.25, 0.3) is 5.91 Å². The van der Waals surface area contributed by atoms with E-state index in [9.17, 15) is 27.2 Å². The summed E-state index contributed by atoms with van der Waals surface area (Å²) in [6.45, 7) is 2.72. The van der Waals surface area contributed by atoms with Crippen LogP contribution in [0.25, 0.3) is 0 Å². The first kappa shape index (κ1) is 27.5. The van der Waals surface area contributed by atoms with Gasteiger partial charge < -0.3 is 15.0 Å². The molecule has 2 N–H and O–H groups in total. The molecule has 36 heavy (non-hydrogen) atoms. The van der Waals surface area contributed by atoms with Gasteiger partial charge in [-0.3, -0.25) is 9.59 Å². The lowest BCUT2D eigenvalue weighted by Crippen LogP contribution is -2.34. The van der Waals surface area contributed by atoms with Crippen molar-refractivity contribution >= 4 is 23.5 Å². The first-order valence-corrected chi connectivity index (χ1v) is 11.8. The zero-order valence-electron chi connectivity index (χ0n) is 19.8. The number of carbonyl (C=O) groups excluding carboxylic acids is 1. The Morgan fingerprint density at radius 3 is 2.28 bits per heavy atom. The molecular formula is C25H26ClF4N3O3. The predicted molar refractivity (Wildman–Crippen MR) is 125 cm³/mol. The number of alkyl halides is 4. The predicted octanol–water partition coefficient (Wildman–Crippen LogP) is 5.32. The van der Waals surface area contributed by atoms with E-state index in [0.717, 1.165) is 12.1 Å². The fourth-order valence-electron chi connectivity index (χ4n) is 4.01. The topological polar surface area (TPSA) is 84.2 Å². The van der Waals surface area contributed by atoms with E-state index in [0.29, 0.717) is 31.2 Å². The number of aliphatic carboxylic acids is 1. The van der Waals surface area contributed by atoms with Crippen LogP contribution in [0.1, 0.15) is 66.8 Å². The van der Waals surface area contributed by atoms with Crippen molar-refractivity contribution in [3.05, 3.63) is 52.1 Å². The molecule has 0 spiro atoms. The standard InChI is InChI=1S/C25H26ClF4N3O3/c1-24(2,27)12-11-19-20(21(34)31-13-15-3-7-17(8-4-15)22(35)36)33(23(26)32-19)14-16-5-9-18(10-6-16)25(28,29)30/h5-6,9-10,15,17H,3-4,7-8,13-14H2,1-2H3,(H,31,34)(H,35,36)/t15-,17-. The smallest absolute Gasteiger partial charge is 0.416 e. The first-order chi connectivity index (χ1) is 16.7. The highest BCUT2D eigenvalue weighted by molar-refractivity contribution is 6.29. The summed E-state index contributed by atoms with van der Waals surface area (Å²) >= 11 is 6.27. The SMILES string of the molecule is CC(C)(F)C#Cc1nc(Cl)n(Cc2ccc(C(F)(F)F)cc2)c1C(=O)NC[C@H]1CC[C@H](C(=O)O)CC1. The number of amides is 1. The number of carboxylic acids is 1. The van der Waals surface area contributed by atoms with Crippen molar-refractivity contribution in [2.75, 3.05) is 6.54 Å². The van der Waals surface area contributed by atoms with Gasteiger partial charge in [-0.15, -0.1) is 0 Å². The molecule has 0 bridgehead atoms. The summed E-state index contributed by atoms with van der Waals surface area (Å²) in [5.41, 5.74) is -2.32. The van der Waals surface area contributed by atoms with Crippen molar-refractivity contribution in [1.82, 2.24) is 14.9 Å². The van der Waals surface area contributed by atoms with Gasteiger partial charge in [-0.05, 0) is 80.7 Å². The molecule has 6 nitrogen and oxygen atoms in total. The van der Waals surface area contributed by atoms with Gasteiger partial charge >= 0.3 is 12.1 Å². The molecule has 1 aromatic heterocycles. The van der Waals surface area contributed by atoms with Crippen LogP contribution >= 0.6 is 11.6 Å². The maximum atomic E-state index is 14.0. The molecule has 0 saturated heterocycles. The number of aromatic nitrogens is 2. The summed E-state index contributed by atoms with van der Waals surface area (Å²) in [5, 5.41) is 11.8. The number of imidazole rings is 1. The molecule has 0 unspecified atom stereocenters. The van der Waals surface area contributed by atoms with Crippen LogP contribution < -0.4 is 5.32 Å². The fourth-order valence-corrected chi connectivity index (χ4v) is 4.24. The Balaban J connectivity index is 1.84. The maximum Gasteiger partial charge on any atom is 0.416 e. The summed E-state index contributed by atoms with van der Waals surface area (Å²) in [5.74, 6) is 3.24. The van der Waals surface area contributed by atoms with Gasteiger partial charge in [0.15, 0.2) is 5.67 Å². The average molecular weight is 528 g/mol. The van der Waals surface area contributed by atoms with E-state index in [1.807, 2.05) is 0 Å². The molecule has 0 aliphatic heterocycles. The van der Waals surface area contributed by atoms with Gasteiger partial charge in [-0.1, -0.05) is 18.1 Å². The molecule has 1 heterocycles. The van der Waals surface area contributed by atoms with E-state index in [1.165, 1.54) is 30.5 Å². The van der Waals surface area contributed by atoms with E-state index >= 15 is 0 Å². The number of carboxylic acid groups (broad SMARTS) is 1. The summed E-state index contributed by atoms with van der Waals surface area (Å²) in [7, 11) is 0. The molecular weight excluding hydrogens is 502 g/mol. The van der Waals surface area contributed by atoms with Crippen molar-refractivity contribution in [1.29, 1.82) is 0 Å². The van der Waals surface area contributed by atoms with E-state index in [2.05, 4.69) is 22.1 Å². The molecule has 1 aliphatic rings. The maximum absolute atomic E-state index is 14.0. The third-order valence-corrected chi connectivity index (χ3v) is 6.27. The first-order valence-electron chi connectivity index (χ1n) is 11.4. The average Bonchev–Trinajstić information content (AvgIpc) is 3.10. The summed E-state index contributed by atoms with van der Waals surface area (Å²) in [6.07, 6.45) is -2.15. The molecule has 1 aliphatic carbocycles. The van der Waals surface area contributed by atoms with Crippen molar-refractivity contribution < 1.29 is 32.3 Å². The Hall–Kier alpha value is -3.06. The minimum Gasteiger partial charge on any atom is -0.481 e. The second-order valence-electron chi connectivity index (χ2n) is 9.35. The lowest BCUT2D eigenvalue weighted by Gasteiger charge is -2.26. The number of nitrogens with zero attached hydrogens (tertiary/aromatic N) is 2. The van der Waals surface area contributed by atoms with Crippen LogP contribution in [0.2, 0.25) is 5.28 Å². The van der Waals surface area contributed by atoms with E-state index in [4.69, 9.17) is 16.7 Å². The zero-order chi connectivity index (χ0) is 26.7. The van der Waals surface area contributed by atoms with Crippen LogP contribution in [-0.2, 0) is 17.5 Å². The van der Waals surface area contributed by atoms with Crippen LogP contribution in [0.5, 0.6) is 0 Å². The van der Waals surface area contributed by atoms with Gasteiger partial charge in [0, 0.05) is 6.54 Å². The van der Waals surface area contributed by atoms with Crippen molar-refractivity contribution in [3.63, 3.8) is 0 Å². The Kier molecular flexibility index (Phi) is 8.34. The Morgan fingerprint density at radius 1 is 1.14 bits per heavy atom. The third-order valence-electron chi connectivity index (χ3n) is 5.98. The number of nitrogens with one attached hydrogen (secondary N) is 1. The van der Waals surface area contributed by atoms with Gasteiger partial charge in [0.2, 0.25) is 5.28 Å². The van der Waals surface area contributed by atoms with Crippen molar-refractivity contribution in [2.45, 2.75) is 57.9 Å². The molecule has 3 rings (SSSR count). The van der Waals surface area contributed by atoms with E-state index < -0.39 is 29.3 Å². The zero-order valence-corrected chi connectivity index (χ0v) is 20.5. The molecule has 1 amide bonds. The highest BCUT2D eigenvalue weighted by atomic mass is 35.5. The summed E-state index contributed by atoms with van der Waals surface area (Å²) in [6, 6.07) is 4.41. The number of benzene rings is 1. The second kappa shape index (κ2) is 10.9. The molecule has 0 atom stereocenters. The lowest BCUT2D eigenvalue weighted by atomic mass is 9.82. The molecule has 1 saturated carbocycles. The molecule has 194 valence electrons. The quantitative estimate of drug-likeness (QED) is 0.393. The van der Waals surface area contributed by atoms with Crippen molar-refractivity contribution in [2.24, 2.45) is 11.8 Å². The van der Waals surface area contributed by atoms with E-state index in [1.54, 1.807) is 0 Å². The molecule has 2 aromatic rings. The molecule has 1 fully saturated rings. The monoisotopic (exact) mass is 527 g/mol. The molecule has 0 radical (unpaired) electrons. The van der Waals surface area contributed by atoms with Crippen LogP contribution in [-0.4, -0.2) is 38.7 Å². The highest BCUT2D eigenvalue weighted by Gasteiger charge is 2.30. The second-order valence-corrected chi connectivity index (χ2v) is 9.69. The van der Waals surface area contributed by atoms with E-state index in [-0.39, 0.29) is 41.6 Å². The van der Waals surface area contributed by atoms with Gasteiger partial charge in [0.1, 0.15) is 11.4 Å².